The van der Waals surface area contributed by atoms with Crippen LogP contribution in [-0.4, -0.2) is 62.9 Å². The Balaban J connectivity index is 1.24. The van der Waals surface area contributed by atoms with E-state index in [-0.39, 0.29) is 33.5 Å². The quantitative estimate of drug-likeness (QED) is 0.562. The Labute approximate surface area is 224 Å². The standard InChI is InChI=1S/C30H36N2O5S/c1-36-30-12-11-28(16-21(30)17-31-38(34,35)22-5-3-2-4-6-22)24-15-20-9-10-23(33)26-25(20)29(28,27(30)37-26)13-14-32(24)18-19-7-8-19/h2-6,9-10,19,21,24,27,31,33H,7-8,11-18H2,1H3/t21-,24-,27-,28-,29+,30-/m1/s1. The van der Waals surface area contributed by atoms with Gasteiger partial charge in [-0.15, -0.1) is 0 Å². The molecule has 8 heteroatoms. The van der Waals surface area contributed by atoms with Crippen molar-refractivity contribution in [3.63, 3.8) is 0 Å². The number of rotatable bonds is 7. The van der Waals surface area contributed by atoms with Gasteiger partial charge >= 0.3 is 0 Å². The lowest BCUT2D eigenvalue weighted by Gasteiger charge is -2.74. The van der Waals surface area contributed by atoms with Crippen LogP contribution in [0.4, 0.5) is 0 Å². The van der Waals surface area contributed by atoms with Crippen molar-refractivity contribution in [2.45, 2.75) is 73.0 Å². The lowest BCUT2D eigenvalue weighted by molar-refractivity contribution is -0.275. The maximum absolute atomic E-state index is 13.2. The number of phenols is 1. The third-order valence-corrected chi connectivity index (χ3v) is 12.8. The number of aromatic hydroxyl groups is 1. The third-order valence-electron chi connectivity index (χ3n) is 11.4. The van der Waals surface area contributed by atoms with E-state index in [1.54, 1.807) is 37.4 Å². The molecule has 202 valence electrons. The topological polar surface area (TPSA) is 88.1 Å². The van der Waals surface area contributed by atoms with Crippen LogP contribution in [0.2, 0.25) is 0 Å². The van der Waals surface area contributed by atoms with Crippen molar-refractivity contribution in [3.05, 3.63) is 53.6 Å². The van der Waals surface area contributed by atoms with Crippen molar-refractivity contribution in [2.75, 3.05) is 26.7 Å². The van der Waals surface area contributed by atoms with Gasteiger partial charge in [0.25, 0.3) is 0 Å². The van der Waals surface area contributed by atoms with Crippen LogP contribution in [0.5, 0.6) is 11.5 Å². The first kappa shape index (κ1) is 23.7. The van der Waals surface area contributed by atoms with E-state index in [1.165, 1.54) is 24.0 Å². The van der Waals surface area contributed by atoms with Crippen LogP contribution < -0.4 is 9.46 Å². The molecule has 7 nitrogen and oxygen atoms in total. The number of sulfonamides is 1. The van der Waals surface area contributed by atoms with Crippen LogP contribution in [0.15, 0.2) is 47.4 Å². The molecule has 2 N–H and O–H groups in total. The number of fused-ring (bicyclic) bond motifs is 2. The van der Waals surface area contributed by atoms with E-state index in [0.717, 1.165) is 51.1 Å². The van der Waals surface area contributed by atoms with Crippen molar-refractivity contribution in [3.8, 4) is 11.5 Å². The van der Waals surface area contributed by atoms with E-state index in [4.69, 9.17) is 9.47 Å². The van der Waals surface area contributed by atoms with Gasteiger partial charge in [-0.25, -0.2) is 13.1 Å². The zero-order valence-electron chi connectivity index (χ0n) is 21.9. The van der Waals surface area contributed by atoms with Gasteiger partial charge in [0.15, 0.2) is 11.5 Å². The lowest BCUT2D eigenvalue weighted by atomic mass is 9.35. The number of phenolic OH excluding ortho intramolecular Hbond substituents is 1. The van der Waals surface area contributed by atoms with Gasteiger partial charge in [0.1, 0.15) is 11.7 Å². The zero-order chi connectivity index (χ0) is 25.9. The first-order chi connectivity index (χ1) is 18.3. The van der Waals surface area contributed by atoms with E-state index in [0.29, 0.717) is 18.3 Å². The van der Waals surface area contributed by atoms with Gasteiger partial charge in [0.05, 0.1) is 4.90 Å². The zero-order valence-corrected chi connectivity index (χ0v) is 22.7. The minimum atomic E-state index is -3.64. The van der Waals surface area contributed by atoms with Crippen molar-refractivity contribution in [2.24, 2.45) is 17.3 Å². The van der Waals surface area contributed by atoms with Crippen LogP contribution in [0, 0.1) is 17.3 Å². The molecule has 38 heavy (non-hydrogen) atoms. The SMILES string of the molecule is CO[C@]12CC[C@@]3(C[C@@H]1CNS(=O)(=O)c1ccccc1)[C@H]1Cc4ccc(O)c5c4[C@@]3(CCN1CC1CC1)[C@H]2O5. The summed E-state index contributed by atoms with van der Waals surface area (Å²) in [5.74, 6) is 1.65. The van der Waals surface area contributed by atoms with Crippen LogP contribution >= 0.6 is 0 Å². The van der Waals surface area contributed by atoms with E-state index < -0.39 is 15.6 Å². The molecular weight excluding hydrogens is 500 g/mol. The van der Waals surface area contributed by atoms with Crippen LogP contribution in [0.1, 0.15) is 49.7 Å². The summed E-state index contributed by atoms with van der Waals surface area (Å²) in [6.07, 6.45) is 7.18. The summed E-state index contributed by atoms with van der Waals surface area (Å²) in [7, 11) is -1.88. The van der Waals surface area contributed by atoms with Gasteiger partial charge < -0.3 is 14.6 Å². The fourth-order valence-corrected chi connectivity index (χ4v) is 10.8. The number of nitrogens with zero attached hydrogens (tertiary/aromatic N) is 1. The predicted molar refractivity (Wildman–Crippen MR) is 142 cm³/mol. The molecule has 1 saturated heterocycles. The summed E-state index contributed by atoms with van der Waals surface area (Å²) in [4.78, 5) is 3.05. The van der Waals surface area contributed by atoms with Crippen molar-refractivity contribution >= 4 is 10.0 Å². The van der Waals surface area contributed by atoms with Gasteiger partial charge in [-0.3, -0.25) is 4.90 Å². The summed E-state index contributed by atoms with van der Waals surface area (Å²) in [5.41, 5.74) is 1.69. The average Bonchev–Trinajstić information content (AvgIpc) is 3.67. The number of benzene rings is 2. The maximum Gasteiger partial charge on any atom is 0.240 e. The molecule has 0 unspecified atom stereocenters. The number of likely N-dealkylation sites (tertiary alicyclic amines) is 1. The second-order valence-corrected chi connectivity index (χ2v) is 14.5. The Hall–Kier alpha value is -2.13. The monoisotopic (exact) mass is 536 g/mol. The van der Waals surface area contributed by atoms with Gasteiger partial charge in [-0.2, -0.15) is 0 Å². The molecule has 2 spiro atoms. The van der Waals surface area contributed by atoms with E-state index in [9.17, 15) is 13.5 Å². The molecule has 2 aliphatic heterocycles. The molecule has 7 aliphatic rings. The van der Waals surface area contributed by atoms with E-state index in [1.807, 2.05) is 6.07 Å². The van der Waals surface area contributed by atoms with Crippen molar-refractivity contribution < 1.29 is 23.0 Å². The Bertz CT molecular complexity index is 1410. The predicted octanol–water partition coefficient (Wildman–Crippen LogP) is 3.60. The summed E-state index contributed by atoms with van der Waals surface area (Å²) in [6.45, 7) is 2.52. The Morgan fingerprint density at radius 3 is 2.71 bits per heavy atom. The first-order valence-electron chi connectivity index (χ1n) is 14.2. The minimum Gasteiger partial charge on any atom is -0.504 e. The average molecular weight is 537 g/mol. The molecular formula is C30H36N2O5S. The summed E-state index contributed by atoms with van der Waals surface area (Å²) >= 11 is 0. The highest BCUT2D eigenvalue weighted by Gasteiger charge is 2.80. The van der Waals surface area contributed by atoms with Crippen molar-refractivity contribution in [1.82, 2.24) is 9.62 Å². The van der Waals surface area contributed by atoms with Gasteiger partial charge in [0.2, 0.25) is 10.0 Å². The number of hydrogen-bond acceptors (Lipinski definition) is 6. The third kappa shape index (κ3) is 2.82. The van der Waals surface area contributed by atoms with E-state index in [2.05, 4.69) is 15.7 Å². The minimum absolute atomic E-state index is 0.0278. The molecule has 9 rings (SSSR count). The second-order valence-electron chi connectivity index (χ2n) is 12.7. The van der Waals surface area contributed by atoms with Crippen LogP contribution in [-0.2, 0) is 26.6 Å². The molecule has 2 heterocycles. The van der Waals surface area contributed by atoms with Gasteiger partial charge in [-0.05, 0) is 81.2 Å². The highest BCUT2D eigenvalue weighted by atomic mass is 32.2. The molecule has 2 aromatic carbocycles. The number of methoxy groups -OCH3 is 1. The molecule has 4 bridgehead atoms. The normalized spacial score (nSPS) is 38.6. The molecule has 5 fully saturated rings. The highest BCUT2D eigenvalue weighted by molar-refractivity contribution is 7.89. The summed E-state index contributed by atoms with van der Waals surface area (Å²) in [6, 6.07) is 12.9. The number of piperidine rings is 1. The molecule has 5 aliphatic carbocycles. The maximum atomic E-state index is 13.2. The van der Waals surface area contributed by atoms with Crippen molar-refractivity contribution in [1.29, 1.82) is 0 Å². The molecule has 6 atom stereocenters. The fourth-order valence-electron chi connectivity index (χ4n) is 9.68. The largest absolute Gasteiger partial charge is 0.504 e. The molecule has 0 radical (unpaired) electrons. The summed E-state index contributed by atoms with van der Waals surface area (Å²) < 4.78 is 42.7. The Kier molecular flexibility index (Phi) is 4.84. The van der Waals surface area contributed by atoms with Crippen LogP contribution in [0.3, 0.4) is 0 Å². The molecule has 4 saturated carbocycles. The molecule has 2 aromatic rings. The highest BCUT2D eigenvalue weighted by Crippen LogP contribution is 2.76. The Morgan fingerprint density at radius 2 is 1.95 bits per heavy atom. The smallest absolute Gasteiger partial charge is 0.240 e. The van der Waals surface area contributed by atoms with E-state index >= 15 is 0 Å². The fraction of sp³-hybridized carbons (Fsp3) is 0.600. The lowest BCUT2D eigenvalue weighted by Crippen LogP contribution is -2.81. The molecule has 0 amide bonds. The first-order valence-corrected chi connectivity index (χ1v) is 15.7. The number of nitrogens with one attached hydrogen (secondary N) is 1. The molecule has 0 aromatic heterocycles. The summed E-state index contributed by atoms with van der Waals surface area (Å²) in [5, 5.41) is 11.0. The van der Waals surface area contributed by atoms with Gasteiger partial charge in [-0.1, -0.05) is 24.3 Å². The number of ether oxygens (including phenoxy) is 2. The van der Waals surface area contributed by atoms with Gasteiger partial charge in [0, 0.05) is 48.6 Å². The van der Waals surface area contributed by atoms with Crippen LogP contribution in [0.25, 0.3) is 0 Å². The Morgan fingerprint density at radius 1 is 1.13 bits per heavy atom. The second kappa shape index (κ2) is 7.74. The number of hydrogen-bond donors (Lipinski definition) is 2.